The van der Waals surface area contributed by atoms with Gasteiger partial charge in [-0.05, 0) is 43.2 Å². The highest BCUT2D eigenvalue weighted by molar-refractivity contribution is 5.94. The number of nitrogens with one attached hydrogen (secondary N) is 3. The number of fused-ring (bicyclic) bond motifs is 1. The number of methoxy groups -OCH3 is 1. The highest BCUT2D eigenvalue weighted by Gasteiger charge is 2.22. The topological polar surface area (TPSA) is 105 Å². The van der Waals surface area contributed by atoms with Crippen molar-refractivity contribution in [2.75, 3.05) is 12.4 Å². The van der Waals surface area contributed by atoms with Crippen LogP contribution in [-0.4, -0.2) is 28.3 Å². The first-order chi connectivity index (χ1) is 17.1. The second kappa shape index (κ2) is 9.72. The zero-order chi connectivity index (χ0) is 24.2. The van der Waals surface area contributed by atoms with Crippen molar-refractivity contribution >= 4 is 22.8 Å². The molecule has 176 valence electrons. The molecule has 8 nitrogen and oxygen atoms in total. The van der Waals surface area contributed by atoms with Crippen LogP contribution in [0.5, 0.6) is 5.75 Å². The lowest BCUT2D eigenvalue weighted by molar-refractivity contribution is 0.248. The summed E-state index contributed by atoms with van der Waals surface area (Å²) in [5, 5.41) is 10.1. The Morgan fingerprint density at radius 3 is 2.51 bits per heavy atom. The predicted molar refractivity (Wildman–Crippen MR) is 134 cm³/mol. The number of H-pyrrole nitrogens is 1. The molecule has 3 N–H and O–H groups in total. The van der Waals surface area contributed by atoms with E-state index in [9.17, 15) is 4.79 Å². The van der Waals surface area contributed by atoms with Crippen molar-refractivity contribution in [1.82, 2.24) is 20.4 Å². The van der Waals surface area contributed by atoms with Gasteiger partial charge in [-0.25, -0.2) is 9.78 Å². The molecule has 0 aliphatic heterocycles. The van der Waals surface area contributed by atoms with Gasteiger partial charge in [0.1, 0.15) is 23.0 Å². The SMILES string of the molecule is COc1ccc(C[C@@H](NC(=O)Nc2c(-c3ccccc3)noc2C)c2nc3ccccc3[nH]2)cc1. The number of benzene rings is 3. The molecule has 3 aromatic carbocycles. The van der Waals surface area contributed by atoms with E-state index in [0.29, 0.717) is 29.4 Å². The van der Waals surface area contributed by atoms with Gasteiger partial charge in [-0.15, -0.1) is 0 Å². The number of carbonyl (C=O) groups is 1. The van der Waals surface area contributed by atoms with Gasteiger partial charge in [0.2, 0.25) is 0 Å². The van der Waals surface area contributed by atoms with E-state index in [2.05, 4.69) is 20.8 Å². The van der Waals surface area contributed by atoms with Gasteiger partial charge in [0.05, 0.1) is 24.2 Å². The second-order valence-electron chi connectivity index (χ2n) is 8.17. The average Bonchev–Trinajstić information content (AvgIpc) is 3.48. The van der Waals surface area contributed by atoms with Crippen LogP contribution in [0.25, 0.3) is 22.3 Å². The quantitative estimate of drug-likeness (QED) is 0.287. The number of ether oxygens (including phenoxy) is 1. The molecule has 0 spiro atoms. The standard InChI is InChI=1S/C27H25N5O3/c1-17-24(25(32-35-17)19-8-4-3-5-9-19)31-27(33)30-23(16-18-12-14-20(34-2)15-13-18)26-28-21-10-6-7-11-22(21)29-26/h3-15,23H,16H2,1-2H3,(H,28,29)(H2,30,31,33)/t23-/m1/s1. The van der Waals surface area contributed by atoms with Gasteiger partial charge in [-0.2, -0.15) is 0 Å². The van der Waals surface area contributed by atoms with Gasteiger partial charge in [-0.3, -0.25) is 0 Å². The first-order valence-electron chi connectivity index (χ1n) is 11.3. The maximum atomic E-state index is 13.2. The average molecular weight is 468 g/mol. The van der Waals surface area contributed by atoms with E-state index < -0.39 is 6.04 Å². The van der Waals surface area contributed by atoms with Crippen LogP contribution in [0, 0.1) is 6.92 Å². The van der Waals surface area contributed by atoms with E-state index in [-0.39, 0.29) is 6.03 Å². The molecule has 0 radical (unpaired) electrons. The van der Waals surface area contributed by atoms with E-state index in [1.165, 1.54) is 0 Å². The summed E-state index contributed by atoms with van der Waals surface area (Å²) in [4.78, 5) is 21.2. The Labute approximate surface area is 202 Å². The number of para-hydroxylation sites is 2. The number of rotatable bonds is 7. The lowest BCUT2D eigenvalue weighted by Crippen LogP contribution is -2.34. The summed E-state index contributed by atoms with van der Waals surface area (Å²) in [5.74, 6) is 1.97. The number of anilines is 1. The van der Waals surface area contributed by atoms with Crippen LogP contribution in [0.1, 0.15) is 23.2 Å². The molecule has 0 unspecified atom stereocenters. The molecule has 35 heavy (non-hydrogen) atoms. The van der Waals surface area contributed by atoms with Crippen LogP contribution in [0.4, 0.5) is 10.5 Å². The van der Waals surface area contributed by atoms with E-state index in [0.717, 1.165) is 27.9 Å². The number of amides is 2. The Balaban J connectivity index is 1.41. The molecule has 0 saturated heterocycles. The summed E-state index contributed by atoms with van der Waals surface area (Å²) in [6, 6.07) is 24.3. The van der Waals surface area contributed by atoms with E-state index in [4.69, 9.17) is 14.2 Å². The number of aromatic amines is 1. The van der Waals surface area contributed by atoms with Gasteiger partial charge in [0.15, 0.2) is 5.76 Å². The van der Waals surface area contributed by atoms with Crippen LogP contribution in [0.3, 0.4) is 0 Å². The summed E-state index contributed by atoms with van der Waals surface area (Å²) < 4.78 is 10.6. The van der Waals surface area contributed by atoms with Crippen molar-refractivity contribution < 1.29 is 14.1 Å². The molecule has 2 heterocycles. The zero-order valence-corrected chi connectivity index (χ0v) is 19.4. The fraction of sp³-hybridized carbons (Fsp3) is 0.148. The molecule has 5 aromatic rings. The number of urea groups is 1. The minimum absolute atomic E-state index is 0.382. The first kappa shape index (κ1) is 22.2. The molecule has 0 saturated carbocycles. The molecular weight excluding hydrogens is 442 g/mol. The highest BCUT2D eigenvalue weighted by atomic mass is 16.5. The monoisotopic (exact) mass is 467 g/mol. The van der Waals surface area contributed by atoms with Crippen LogP contribution < -0.4 is 15.4 Å². The number of aryl methyl sites for hydroxylation is 1. The Morgan fingerprint density at radius 1 is 1.03 bits per heavy atom. The Kier molecular flexibility index (Phi) is 6.17. The van der Waals surface area contributed by atoms with Crippen molar-refractivity contribution in [2.24, 2.45) is 0 Å². The van der Waals surface area contributed by atoms with E-state index in [1.807, 2.05) is 78.9 Å². The Hall–Kier alpha value is -4.59. The van der Waals surface area contributed by atoms with Gasteiger partial charge < -0.3 is 24.9 Å². The van der Waals surface area contributed by atoms with Crippen LogP contribution >= 0.6 is 0 Å². The number of nitrogens with zero attached hydrogens (tertiary/aromatic N) is 2. The van der Waals surface area contributed by atoms with E-state index >= 15 is 0 Å². The number of imidazole rings is 1. The highest BCUT2D eigenvalue weighted by Crippen LogP contribution is 2.30. The maximum absolute atomic E-state index is 13.2. The molecule has 2 aromatic heterocycles. The van der Waals surface area contributed by atoms with Gasteiger partial charge in [-0.1, -0.05) is 59.8 Å². The number of carbonyl (C=O) groups excluding carboxylic acids is 1. The van der Waals surface area contributed by atoms with E-state index in [1.54, 1.807) is 14.0 Å². The van der Waals surface area contributed by atoms with Gasteiger partial charge in [0.25, 0.3) is 0 Å². The summed E-state index contributed by atoms with van der Waals surface area (Å²) in [6.07, 6.45) is 0.533. The normalized spacial score (nSPS) is 11.8. The molecular formula is C27H25N5O3. The molecule has 0 bridgehead atoms. The molecule has 0 fully saturated rings. The fourth-order valence-electron chi connectivity index (χ4n) is 3.97. The Morgan fingerprint density at radius 2 is 1.77 bits per heavy atom. The smallest absolute Gasteiger partial charge is 0.319 e. The number of aromatic nitrogens is 3. The van der Waals surface area contributed by atoms with Gasteiger partial charge >= 0.3 is 6.03 Å². The van der Waals surface area contributed by atoms with Gasteiger partial charge in [0, 0.05) is 5.56 Å². The van der Waals surface area contributed by atoms with Crippen molar-refractivity contribution in [3.05, 3.63) is 96.0 Å². The number of hydrogen-bond acceptors (Lipinski definition) is 5. The predicted octanol–water partition coefficient (Wildman–Crippen LogP) is 5.64. The summed E-state index contributed by atoms with van der Waals surface area (Å²) >= 11 is 0. The maximum Gasteiger partial charge on any atom is 0.319 e. The summed E-state index contributed by atoms with van der Waals surface area (Å²) in [7, 11) is 1.63. The number of hydrogen-bond donors (Lipinski definition) is 3. The molecule has 1 atom stereocenters. The largest absolute Gasteiger partial charge is 0.497 e. The third kappa shape index (κ3) is 4.86. The zero-order valence-electron chi connectivity index (χ0n) is 19.4. The van der Waals surface area contributed by atoms with Crippen molar-refractivity contribution in [2.45, 2.75) is 19.4 Å². The fourth-order valence-corrected chi connectivity index (χ4v) is 3.97. The minimum atomic E-state index is -0.406. The first-order valence-corrected chi connectivity index (χ1v) is 11.3. The van der Waals surface area contributed by atoms with Crippen LogP contribution in [0.2, 0.25) is 0 Å². The lowest BCUT2D eigenvalue weighted by atomic mass is 10.1. The summed E-state index contributed by atoms with van der Waals surface area (Å²) in [6.45, 7) is 1.77. The third-order valence-electron chi connectivity index (χ3n) is 5.79. The Bertz CT molecular complexity index is 1410. The molecule has 5 rings (SSSR count). The second-order valence-corrected chi connectivity index (χ2v) is 8.17. The molecule has 2 amide bonds. The third-order valence-corrected chi connectivity index (χ3v) is 5.79. The van der Waals surface area contributed by atoms with Crippen molar-refractivity contribution in [3.8, 4) is 17.0 Å². The van der Waals surface area contributed by atoms with Crippen LogP contribution in [0.15, 0.2) is 83.4 Å². The minimum Gasteiger partial charge on any atom is -0.497 e. The molecule has 0 aliphatic rings. The van der Waals surface area contributed by atoms with Crippen LogP contribution in [-0.2, 0) is 6.42 Å². The molecule has 8 heteroatoms. The van der Waals surface area contributed by atoms with Crippen molar-refractivity contribution in [3.63, 3.8) is 0 Å². The summed E-state index contributed by atoms with van der Waals surface area (Å²) in [5.41, 5.74) is 4.74. The molecule has 0 aliphatic carbocycles. The lowest BCUT2D eigenvalue weighted by Gasteiger charge is -2.18. The van der Waals surface area contributed by atoms with Crippen molar-refractivity contribution in [1.29, 1.82) is 0 Å².